The minimum Gasteiger partial charge on any atom is -0.325 e. The highest BCUT2D eigenvalue weighted by atomic mass is 32.2. The van der Waals surface area contributed by atoms with Crippen LogP contribution in [0.5, 0.6) is 0 Å². The minimum atomic E-state index is -3.78. The molecule has 0 aliphatic heterocycles. The van der Waals surface area contributed by atoms with E-state index >= 15 is 0 Å². The number of anilines is 2. The average Bonchev–Trinajstić information content (AvgIpc) is 3.11. The summed E-state index contributed by atoms with van der Waals surface area (Å²) < 4.78 is 27.2. The van der Waals surface area contributed by atoms with Gasteiger partial charge < -0.3 is 5.32 Å². The van der Waals surface area contributed by atoms with Crippen LogP contribution in [0.15, 0.2) is 52.8 Å². The Kier molecular flexibility index (Phi) is 6.77. The number of aryl methyl sites for hydroxylation is 1. The van der Waals surface area contributed by atoms with Gasteiger partial charge in [0.25, 0.3) is 10.0 Å². The van der Waals surface area contributed by atoms with Gasteiger partial charge in [0.05, 0.1) is 10.1 Å². The average molecular weight is 451 g/mol. The van der Waals surface area contributed by atoms with Crippen molar-refractivity contribution in [3.8, 4) is 0 Å². The molecule has 2 heterocycles. The smallest absolute Gasteiger partial charge is 0.263 e. The van der Waals surface area contributed by atoms with E-state index < -0.39 is 10.0 Å². The summed E-state index contributed by atoms with van der Waals surface area (Å²) in [6.45, 7) is 3.63. The first-order valence-electron chi connectivity index (χ1n) is 8.55. The zero-order valence-corrected chi connectivity index (χ0v) is 18.0. The molecule has 0 radical (unpaired) electrons. The number of hydrogen-bond acceptors (Lipinski definition) is 9. The molecule has 2 N–H and O–H groups in total. The second-order valence-electron chi connectivity index (χ2n) is 5.79. The van der Waals surface area contributed by atoms with Gasteiger partial charge in [-0.15, -0.1) is 10.2 Å². The molecule has 1 aromatic carbocycles. The molecule has 0 bridgehead atoms. The van der Waals surface area contributed by atoms with Crippen LogP contribution in [0, 0.1) is 6.92 Å². The number of carbonyl (C=O) groups excluding carboxylic acids is 1. The summed E-state index contributed by atoms with van der Waals surface area (Å²) in [5.74, 6) is -0.206. The van der Waals surface area contributed by atoms with Gasteiger partial charge in [0.1, 0.15) is 5.01 Å². The third-order valence-corrected chi connectivity index (χ3v) is 7.12. The maximum absolute atomic E-state index is 12.5. The fourth-order valence-electron chi connectivity index (χ4n) is 2.25. The van der Waals surface area contributed by atoms with Gasteiger partial charge in [-0.25, -0.2) is 18.4 Å². The normalized spacial score (nSPS) is 12.3. The van der Waals surface area contributed by atoms with Crippen molar-refractivity contribution in [1.29, 1.82) is 0 Å². The molecule has 29 heavy (non-hydrogen) atoms. The Balaban J connectivity index is 1.65. The first-order valence-corrected chi connectivity index (χ1v) is 11.7. The molecule has 0 saturated heterocycles. The van der Waals surface area contributed by atoms with Crippen molar-refractivity contribution < 1.29 is 13.2 Å². The largest absolute Gasteiger partial charge is 0.325 e. The molecule has 9 nitrogen and oxygen atoms in total. The molecule has 12 heteroatoms. The van der Waals surface area contributed by atoms with Crippen molar-refractivity contribution in [1.82, 2.24) is 20.2 Å². The molecular formula is C17H18N6O3S3. The Bertz CT molecular complexity index is 1070. The van der Waals surface area contributed by atoms with Crippen molar-refractivity contribution in [2.45, 2.75) is 35.6 Å². The van der Waals surface area contributed by atoms with Crippen LogP contribution in [-0.4, -0.2) is 39.7 Å². The van der Waals surface area contributed by atoms with Gasteiger partial charge in [0.2, 0.25) is 11.0 Å². The first-order chi connectivity index (χ1) is 13.9. The summed E-state index contributed by atoms with van der Waals surface area (Å²) in [7, 11) is -3.78. The number of rotatable bonds is 8. The van der Waals surface area contributed by atoms with Crippen LogP contribution in [0.1, 0.15) is 18.4 Å². The highest BCUT2D eigenvalue weighted by Crippen LogP contribution is 2.24. The van der Waals surface area contributed by atoms with Crippen LogP contribution in [0.3, 0.4) is 0 Å². The molecule has 3 aromatic rings. The van der Waals surface area contributed by atoms with Gasteiger partial charge in [-0.05, 0) is 43.7 Å². The van der Waals surface area contributed by atoms with Gasteiger partial charge in [-0.3, -0.25) is 9.52 Å². The predicted octanol–water partition coefficient (Wildman–Crippen LogP) is 2.95. The minimum absolute atomic E-state index is 0.0578. The van der Waals surface area contributed by atoms with E-state index in [1.807, 2.05) is 6.92 Å². The third-order valence-electron chi connectivity index (χ3n) is 3.63. The van der Waals surface area contributed by atoms with Crippen LogP contribution in [0.25, 0.3) is 0 Å². The summed E-state index contributed by atoms with van der Waals surface area (Å²) in [4.78, 5) is 20.8. The molecular weight excluding hydrogens is 432 g/mol. The molecule has 1 amide bonds. The number of aromatic nitrogens is 4. The Morgan fingerprint density at radius 2 is 1.86 bits per heavy atom. The molecule has 0 aliphatic rings. The molecule has 0 saturated carbocycles. The van der Waals surface area contributed by atoms with Crippen LogP contribution in [0.2, 0.25) is 0 Å². The molecule has 0 aliphatic carbocycles. The highest BCUT2D eigenvalue weighted by molar-refractivity contribution is 8.00. The number of benzene rings is 1. The van der Waals surface area contributed by atoms with E-state index in [2.05, 4.69) is 30.2 Å². The first kappa shape index (κ1) is 21.1. The van der Waals surface area contributed by atoms with Crippen LogP contribution >= 0.6 is 23.1 Å². The SMILES string of the molecule is CCC(Sc1ncccn1)C(=O)Nc1ccc(S(=O)(=O)Nc2nnc(C)s2)cc1. The zero-order valence-electron chi connectivity index (χ0n) is 15.6. The molecule has 0 fully saturated rings. The quantitative estimate of drug-likeness (QED) is 0.396. The number of hydrogen-bond donors (Lipinski definition) is 2. The summed E-state index contributed by atoms with van der Waals surface area (Å²) >= 11 is 2.42. The maximum atomic E-state index is 12.5. The van der Waals surface area contributed by atoms with E-state index in [-0.39, 0.29) is 21.2 Å². The zero-order chi connectivity index (χ0) is 20.9. The predicted molar refractivity (Wildman–Crippen MR) is 112 cm³/mol. The van der Waals surface area contributed by atoms with Crippen molar-refractivity contribution in [2.75, 3.05) is 10.0 Å². The topological polar surface area (TPSA) is 127 Å². The van der Waals surface area contributed by atoms with Crippen LogP contribution in [0.4, 0.5) is 10.8 Å². The highest BCUT2D eigenvalue weighted by Gasteiger charge is 2.20. The standard InChI is InChI=1S/C17H18N6O3S3/c1-3-14(28-16-18-9-4-10-19-16)15(24)20-12-5-7-13(8-6-12)29(25,26)23-17-22-21-11(2)27-17/h4-10,14H,3H2,1-2H3,(H,20,24)(H,22,23). The van der Waals surface area contributed by atoms with E-state index in [0.717, 1.165) is 11.3 Å². The number of nitrogens with one attached hydrogen (secondary N) is 2. The Morgan fingerprint density at radius 1 is 1.17 bits per heavy atom. The maximum Gasteiger partial charge on any atom is 0.263 e. The van der Waals surface area contributed by atoms with Crippen LogP contribution < -0.4 is 10.0 Å². The van der Waals surface area contributed by atoms with Crippen molar-refractivity contribution in [2.24, 2.45) is 0 Å². The van der Waals surface area contributed by atoms with E-state index in [1.165, 1.54) is 36.0 Å². The second kappa shape index (κ2) is 9.29. The van der Waals surface area contributed by atoms with Gasteiger partial charge in [-0.1, -0.05) is 30.0 Å². The summed E-state index contributed by atoms with van der Waals surface area (Å²) in [6.07, 6.45) is 3.83. The molecule has 1 atom stereocenters. The number of sulfonamides is 1. The third kappa shape index (κ3) is 5.71. The monoisotopic (exact) mass is 450 g/mol. The summed E-state index contributed by atoms with van der Waals surface area (Å²) in [5, 5.41) is 11.3. The Morgan fingerprint density at radius 3 is 2.45 bits per heavy atom. The van der Waals surface area contributed by atoms with E-state index in [4.69, 9.17) is 0 Å². The van der Waals surface area contributed by atoms with E-state index in [0.29, 0.717) is 22.3 Å². The molecule has 3 rings (SSSR count). The summed E-state index contributed by atoms with van der Waals surface area (Å²) in [5.41, 5.74) is 0.494. The molecule has 1 unspecified atom stereocenters. The molecule has 0 spiro atoms. The Labute approximate surface area is 176 Å². The fraction of sp³-hybridized carbons (Fsp3) is 0.235. The second-order valence-corrected chi connectivity index (χ2v) is 9.83. The van der Waals surface area contributed by atoms with Crippen molar-refractivity contribution >= 4 is 49.8 Å². The molecule has 152 valence electrons. The number of nitrogens with zero attached hydrogens (tertiary/aromatic N) is 4. The van der Waals surface area contributed by atoms with Crippen molar-refractivity contribution in [3.63, 3.8) is 0 Å². The Hall–Kier alpha value is -2.57. The number of amides is 1. The lowest BCUT2D eigenvalue weighted by Gasteiger charge is -2.14. The lowest BCUT2D eigenvalue weighted by molar-refractivity contribution is -0.115. The lowest BCUT2D eigenvalue weighted by Crippen LogP contribution is -2.24. The van der Waals surface area contributed by atoms with Gasteiger partial charge in [0.15, 0.2) is 5.16 Å². The van der Waals surface area contributed by atoms with Crippen molar-refractivity contribution in [3.05, 3.63) is 47.7 Å². The molecule has 2 aromatic heterocycles. The number of thioether (sulfide) groups is 1. The fourth-order valence-corrected chi connectivity index (χ4v) is 4.90. The van der Waals surface area contributed by atoms with Gasteiger partial charge in [-0.2, -0.15) is 0 Å². The van der Waals surface area contributed by atoms with E-state index in [9.17, 15) is 13.2 Å². The van der Waals surface area contributed by atoms with E-state index in [1.54, 1.807) is 25.4 Å². The lowest BCUT2D eigenvalue weighted by atomic mass is 10.3. The van der Waals surface area contributed by atoms with Gasteiger partial charge in [0, 0.05) is 18.1 Å². The summed E-state index contributed by atoms with van der Waals surface area (Å²) in [6, 6.07) is 7.62. The van der Waals surface area contributed by atoms with Crippen LogP contribution in [-0.2, 0) is 14.8 Å². The van der Waals surface area contributed by atoms with Gasteiger partial charge >= 0.3 is 0 Å². The number of carbonyl (C=O) groups is 1.